The van der Waals surface area contributed by atoms with Crippen LogP contribution in [0.1, 0.15) is 68.2 Å². The molecule has 1 saturated carbocycles. The van der Waals surface area contributed by atoms with E-state index in [4.69, 9.17) is 67.4 Å². The van der Waals surface area contributed by atoms with Gasteiger partial charge in [0, 0.05) is 88.2 Å². The zero-order valence-corrected chi connectivity index (χ0v) is 69.6. The van der Waals surface area contributed by atoms with Crippen molar-refractivity contribution in [3.05, 3.63) is 263 Å². The molecule has 3 atom stereocenters. The smallest absolute Gasteiger partial charge is 0.244 e. The van der Waals surface area contributed by atoms with Crippen LogP contribution in [0.3, 0.4) is 0 Å². The van der Waals surface area contributed by atoms with Gasteiger partial charge in [0.05, 0.1) is 48.2 Å². The number of nitrogens with two attached hydrogens (primary N) is 1. The van der Waals surface area contributed by atoms with E-state index >= 15 is 0 Å². The zero-order chi connectivity index (χ0) is 84.3. The van der Waals surface area contributed by atoms with Crippen LogP contribution in [0.25, 0.3) is 134 Å². The lowest BCUT2D eigenvalue weighted by molar-refractivity contribution is -0.134. The number of likely N-dealkylation sites (N-methyl/N-ethyl adjacent to an activating group) is 1. The van der Waals surface area contributed by atoms with Crippen LogP contribution in [-0.4, -0.2) is 175 Å². The van der Waals surface area contributed by atoms with Gasteiger partial charge in [0.2, 0.25) is 23.6 Å². The number of likely N-dealkylation sites (tertiary alicyclic amines) is 3. The Labute approximate surface area is 742 Å². The van der Waals surface area contributed by atoms with Crippen molar-refractivity contribution in [2.24, 2.45) is 5.73 Å². The number of hydrogen-bond donors (Lipinski definition) is 2. The fraction of sp³-hybridized carbons (Fsp3) is 0.242. The number of halogens is 5. The summed E-state index contributed by atoms with van der Waals surface area (Å²) in [6, 6.07) is 78.2. The number of carbonyl (C=O) groups excluding carboxylic acids is 4. The van der Waals surface area contributed by atoms with Gasteiger partial charge in [0.1, 0.15) is 77.4 Å². The summed E-state index contributed by atoms with van der Waals surface area (Å²) < 4.78 is 20.5. The minimum atomic E-state index is -1.36. The molecule has 3 aliphatic heterocycles. The van der Waals surface area contributed by atoms with E-state index in [-0.39, 0.29) is 84.3 Å². The Kier molecular flexibility index (Phi) is 26.8. The summed E-state index contributed by atoms with van der Waals surface area (Å²) in [6.07, 6.45) is 4.52. The summed E-state index contributed by atoms with van der Waals surface area (Å²) in [7, 11) is 2.13. The van der Waals surface area contributed by atoms with Gasteiger partial charge in [-0.1, -0.05) is 311 Å². The SMILES string of the molecule is C.C.C.CC1(F)CCN(C(=O)Cn2nc(-c3ccccc3)c3c(Cl)c(-c4ccccc4)nnc32)C1.CC1(NC(=O)Cn2nc(-c3ccccc3)c3c(Cl)c(-c4ccccc4)nnc32)CCC1.CN1C[C@H]2C[C@@H]1CN2C(=O)Cn1nc(-c2ccccc2)c2c(Cl)c(-c3ccccc3)nnc21.NC(=O)Cn1nc(-c2ccccc2)c2c(Cl)c(-c3ccccc3)nnc21. The van der Waals surface area contributed by atoms with Gasteiger partial charge >= 0.3 is 0 Å². The molecule has 0 radical (unpaired) electrons. The molecule has 3 N–H and O–H groups in total. The van der Waals surface area contributed by atoms with Crippen LogP contribution in [0.2, 0.25) is 20.1 Å². The second kappa shape index (κ2) is 37.9. The van der Waals surface area contributed by atoms with Gasteiger partial charge < -0.3 is 20.9 Å². The lowest BCUT2D eigenvalue weighted by Crippen LogP contribution is -2.51. The molecule has 4 fully saturated rings. The Morgan fingerprint density at radius 2 is 0.680 bits per heavy atom. The number of primary amides is 1. The molecular weight excluding hydrogens is 1660 g/mol. The molecule has 2 bridgehead atoms. The standard InChI is InChI=1S/C25H23ClN6O.C24H21ClFN5O.C24H22ClN5O.C19H14ClN5O.3CH4/c1-30-13-19-12-18(30)14-31(19)20(33)15-32-25-21(23(29-32)16-8-4-2-5-9-16)22(26)24(27-28-25)17-10-6-3-7-11-17;1-24(26)12-13-30(15-24)18(32)14-31-23-19(21(29-31)16-8-4-2-5-9-16)20(25)22(27-28-23)17-10-6-3-7-11-17;1-24(13-8-14-24)26-18(31)15-30-23-19(21(29-30)16-9-4-2-5-10-16)20(25)22(27-28-23)17-11-6-3-7-12-17;20-16-15-17(12-7-3-1-4-8-12)24-25(11-14(21)26)19(15)23-22-18(16)13-9-5-2-6-10-13;;;/h2-11,18-19H,12-15H2,1H3;2-11H,12-15H2,1H3;2-7,9-12H,8,13-15H2,1H3,(H,26,31);1-10H,11H2,(H2,21,26);3*1H4/t18-,19-;;;;;;/m1....../s1. The van der Waals surface area contributed by atoms with E-state index in [1.807, 2.05) is 248 Å². The Morgan fingerprint density at radius 3 is 0.936 bits per heavy atom. The maximum Gasteiger partial charge on any atom is 0.244 e. The van der Waals surface area contributed by atoms with Gasteiger partial charge in [-0.25, -0.2) is 23.1 Å². The molecule has 636 valence electrons. The van der Waals surface area contributed by atoms with Crippen molar-refractivity contribution < 1.29 is 23.6 Å². The Balaban J connectivity index is 0.000000135. The average Bonchev–Trinajstić information content (AvgIpc) is 1.62. The molecule has 0 spiro atoms. The maximum atomic E-state index is 14.2. The number of aromatic nitrogens is 16. The van der Waals surface area contributed by atoms with Crippen molar-refractivity contribution in [1.29, 1.82) is 0 Å². The summed E-state index contributed by atoms with van der Waals surface area (Å²) in [5, 5.41) is 61.4. The Morgan fingerprint density at radius 1 is 0.392 bits per heavy atom. The molecule has 4 aliphatic rings. The van der Waals surface area contributed by atoms with E-state index in [0.29, 0.717) is 129 Å². The van der Waals surface area contributed by atoms with Crippen molar-refractivity contribution in [2.75, 3.05) is 33.2 Å². The number of alkyl halides is 1. The van der Waals surface area contributed by atoms with Crippen LogP contribution < -0.4 is 11.1 Å². The van der Waals surface area contributed by atoms with E-state index in [0.717, 1.165) is 83.3 Å². The number of hydrogen-bond acceptors (Lipinski definition) is 17. The third kappa shape index (κ3) is 18.5. The van der Waals surface area contributed by atoms with E-state index < -0.39 is 11.6 Å². The van der Waals surface area contributed by atoms with Crippen LogP contribution >= 0.6 is 46.4 Å². The van der Waals surface area contributed by atoms with E-state index in [9.17, 15) is 23.6 Å². The Hall–Kier alpha value is -13.1. The predicted octanol–water partition coefficient (Wildman–Crippen LogP) is 18.6. The predicted molar refractivity (Wildman–Crippen MR) is 492 cm³/mol. The second-order valence-corrected chi connectivity index (χ2v) is 32.6. The molecule has 25 nitrogen and oxygen atoms in total. The van der Waals surface area contributed by atoms with Gasteiger partial charge in [0.15, 0.2) is 22.6 Å². The topological polar surface area (TPSA) is 290 Å². The second-order valence-electron chi connectivity index (χ2n) is 31.1. The minimum absolute atomic E-state index is 0. The number of benzene rings is 8. The molecule has 4 amide bonds. The fourth-order valence-electron chi connectivity index (χ4n) is 16.1. The first-order chi connectivity index (χ1) is 59.2. The van der Waals surface area contributed by atoms with Crippen molar-refractivity contribution in [3.63, 3.8) is 0 Å². The molecule has 1 aliphatic carbocycles. The van der Waals surface area contributed by atoms with Crippen LogP contribution in [0.15, 0.2) is 243 Å². The normalized spacial score (nSPS) is 16.0. The van der Waals surface area contributed by atoms with Crippen molar-refractivity contribution in [1.82, 2.24) is 99.9 Å². The summed E-state index contributed by atoms with van der Waals surface area (Å²) in [5.41, 5.74) is 17.7. The molecule has 20 rings (SSSR count). The summed E-state index contributed by atoms with van der Waals surface area (Å²) >= 11 is 27.3. The lowest BCUT2D eigenvalue weighted by atomic mass is 9.78. The first-order valence-electron chi connectivity index (χ1n) is 39.9. The third-order valence-corrected chi connectivity index (χ3v) is 23.9. The Bertz CT molecular complexity index is 6550. The largest absolute Gasteiger partial charge is 0.368 e. The highest BCUT2D eigenvalue weighted by atomic mass is 35.5. The molecule has 11 heterocycles. The molecule has 16 aromatic rings. The van der Waals surface area contributed by atoms with Gasteiger partial charge in [-0.2, -0.15) is 20.4 Å². The van der Waals surface area contributed by atoms with Gasteiger partial charge in [0.25, 0.3) is 0 Å². The highest BCUT2D eigenvalue weighted by Crippen LogP contribution is 2.43. The number of fused-ring (bicyclic) bond motifs is 6. The highest BCUT2D eigenvalue weighted by molar-refractivity contribution is 6.40. The zero-order valence-electron chi connectivity index (χ0n) is 66.5. The third-order valence-electron chi connectivity index (χ3n) is 22.4. The average molecular weight is 1750 g/mol. The van der Waals surface area contributed by atoms with Gasteiger partial charge in [-0.3, -0.25) is 24.1 Å². The van der Waals surface area contributed by atoms with E-state index in [2.05, 4.69) is 70.1 Å². The molecule has 125 heavy (non-hydrogen) atoms. The monoisotopic (exact) mass is 1750 g/mol. The lowest BCUT2D eigenvalue weighted by Gasteiger charge is -2.39. The highest BCUT2D eigenvalue weighted by Gasteiger charge is 2.44. The van der Waals surface area contributed by atoms with Crippen molar-refractivity contribution in [2.45, 2.75) is 118 Å². The molecule has 1 unspecified atom stereocenters. The molecule has 8 aromatic heterocycles. The van der Waals surface area contributed by atoms with Crippen molar-refractivity contribution >= 4 is 114 Å². The molecular formula is C95H92Cl4FN21O4. The van der Waals surface area contributed by atoms with Crippen LogP contribution in [0.5, 0.6) is 0 Å². The fourth-order valence-corrected chi connectivity index (χ4v) is 17.4. The molecule has 8 aromatic carbocycles. The summed E-state index contributed by atoms with van der Waals surface area (Å²) in [5.74, 6) is -0.750. The van der Waals surface area contributed by atoms with Gasteiger partial charge in [-0.05, 0) is 46.6 Å². The van der Waals surface area contributed by atoms with Crippen LogP contribution in [0, 0.1) is 0 Å². The van der Waals surface area contributed by atoms with E-state index in [1.54, 1.807) is 9.36 Å². The van der Waals surface area contributed by atoms with E-state index in [1.165, 1.54) is 21.2 Å². The number of nitrogens with zero attached hydrogens (tertiary/aromatic N) is 19. The number of rotatable bonds is 17. The number of carbonyl (C=O) groups is 4. The number of nitrogens with one attached hydrogen (secondary N) is 1. The molecule has 3 saturated heterocycles. The summed E-state index contributed by atoms with van der Waals surface area (Å²) in [6.45, 7) is 5.80. The van der Waals surface area contributed by atoms with Crippen LogP contribution in [-0.2, 0) is 45.4 Å². The summed E-state index contributed by atoms with van der Waals surface area (Å²) in [4.78, 5) is 56.1. The minimum Gasteiger partial charge on any atom is -0.368 e. The van der Waals surface area contributed by atoms with Crippen molar-refractivity contribution in [3.8, 4) is 90.1 Å². The quantitative estimate of drug-likeness (QED) is 0.0856. The maximum absolute atomic E-state index is 14.2. The molecule has 30 heteroatoms. The van der Waals surface area contributed by atoms with Gasteiger partial charge in [-0.15, -0.1) is 40.8 Å². The van der Waals surface area contributed by atoms with Crippen LogP contribution in [0.4, 0.5) is 4.39 Å². The number of amides is 4. The number of piperazine rings is 1. The first-order valence-corrected chi connectivity index (χ1v) is 41.4. The first kappa shape index (κ1) is 88.2.